The molecule has 0 saturated heterocycles. The summed E-state index contributed by atoms with van der Waals surface area (Å²) < 4.78 is 27.2. The van der Waals surface area contributed by atoms with Gasteiger partial charge in [-0.15, -0.1) is 0 Å². The van der Waals surface area contributed by atoms with E-state index in [4.69, 9.17) is 0 Å². The van der Waals surface area contributed by atoms with Crippen LogP contribution in [0.4, 0.5) is 0 Å². The average molecular weight is 305 g/mol. The maximum Gasteiger partial charge on any atom is 0.242 e. The number of aromatic amines is 1. The molecule has 5 nitrogen and oxygen atoms in total. The lowest BCUT2D eigenvalue weighted by Gasteiger charge is -2.30. The van der Waals surface area contributed by atoms with E-state index < -0.39 is 10.0 Å². The first kappa shape index (κ1) is 14.3. The second kappa shape index (κ2) is 5.63. The molecular formula is C15H19N3O2S. The van der Waals surface area contributed by atoms with E-state index in [1.54, 1.807) is 6.07 Å². The molecule has 3 N–H and O–H groups in total. The third-order valence-electron chi connectivity index (χ3n) is 3.87. The molecule has 2 aromatic rings. The van der Waals surface area contributed by atoms with Crippen molar-refractivity contribution in [2.24, 2.45) is 0 Å². The van der Waals surface area contributed by atoms with Crippen molar-refractivity contribution < 1.29 is 8.42 Å². The number of aromatic nitrogens is 1. The van der Waals surface area contributed by atoms with Gasteiger partial charge in [-0.1, -0.05) is 24.3 Å². The van der Waals surface area contributed by atoms with Gasteiger partial charge in [0.15, 0.2) is 0 Å². The van der Waals surface area contributed by atoms with Crippen molar-refractivity contribution in [2.75, 3.05) is 13.6 Å². The van der Waals surface area contributed by atoms with E-state index in [1.807, 2.05) is 19.2 Å². The molecule has 21 heavy (non-hydrogen) atoms. The zero-order valence-corrected chi connectivity index (χ0v) is 12.7. The number of H-pyrrole nitrogens is 1. The number of fused-ring (bicyclic) bond motifs is 1. The van der Waals surface area contributed by atoms with E-state index in [0.717, 1.165) is 12.1 Å². The van der Waals surface area contributed by atoms with Gasteiger partial charge in [0.25, 0.3) is 0 Å². The Morgan fingerprint density at radius 1 is 1.33 bits per heavy atom. The van der Waals surface area contributed by atoms with Crippen molar-refractivity contribution in [2.45, 2.75) is 23.8 Å². The van der Waals surface area contributed by atoms with Gasteiger partial charge in [-0.3, -0.25) is 0 Å². The molecule has 0 bridgehead atoms. The second-order valence-electron chi connectivity index (χ2n) is 5.34. The fourth-order valence-corrected chi connectivity index (χ4v) is 3.80. The molecule has 0 fully saturated rings. The van der Waals surface area contributed by atoms with Gasteiger partial charge >= 0.3 is 0 Å². The van der Waals surface area contributed by atoms with E-state index in [2.05, 4.69) is 27.2 Å². The Morgan fingerprint density at radius 2 is 2.14 bits per heavy atom. The molecule has 1 heterocycles. The standard InChI is InChI=1S/C15H19N3O2S/c1-16-9-13-7-14(10-17-13)21(19,20)18-8-12-6-11-4-2-3-5-15(11)12/h2-5,7,10,12,16-18H,6,8-9H2,1H3. The molecule has 0 spiro atoms. The van der Waals surface area contributed by atoms with E-state index >= 15 is 0 Å². The van der Waals surface area contributed by atoms with Crippen molar-refractivity contribution in [3.63, 3.8) is 0 Å². The number of hydrogen-bond donors (Lipinski definition) is 3. The highest BCUT2D eigenvalue weighted by Crippen LogP contribution is 2.34. The van der Waals surface area contributed by atoms with Crippen molar-refractivity contribution in [3.05, 3.63) is 53.3 Å². The predicted octanol–water partition coefficient (Wildman–Crippen LogP) is 1.35. The molecule has 0 radical (unpaired) electrons. The van der Waals surface area contributed by atoms with Gasteiger partial charge in [-0.05, 0) is 30.7 Å². The molecule has 0 aliphatic heterocycles. The normalized spacial score (nSPS) is 17.3. The van der Waals surface area contributed by atoms with E-state index in [1.165, 1.54) is 17.3 Å². The number of sulfonamides is 1. The van der Waals surface area contributed by atoms with Crippen molar-refractivity contribution in [3.8, 4) is 0 Å². The van der Waals surface area contributed by atoms with Crippen LogP contribution in [0.3, 0.4) is 0 Å². The van der Waals surface area contributed by atoms with Crippen LogP contribution in [0, 0.1) is 0 Å². The number of benzene rings is 1. The van der Waals surface area contributed by atoms with Gasteiger partial charge in [0, 0.05) is 30.9 Å². The third-order valence-corrected chi connectivity index (χ3v) is 5.28. The van der Waals surface area contributed by atoms with Crippen LogP contribution < -0.4 is 10.0 Å². The Morgan fingerprint density at radius 3 is 2.90 bits per heavy atom. The lowest BCUT2D eigenvalue weighted by Crippen LogP contribution is -2.33. The summed E-state index contributed by atoms with van der Waals surface area (Å²) in [5.74, 6) is 0.284. The Hall–Kier alpha value is -1.63. The molecule has 1 atom stereocenters. The molecule has 0 saturated carbocycles. The summed E-state index contributed by atoms with van der Waals surface area (Å²) in [6, 6.07) is 9.83. The molecule has 0 amide bonds. The molecule has 1 aromatic heterocycles. The maximum absolute atomic E-state index is 12.3. The molecule has 112 valence electrons. The fourth-order valence-electron chi connectivity index (χ4n) is 2.70. The SMILES string of the molecule is CNCc1cc(S(=O)(=O)NCC2Cc3ccccc32)c[nH]1. The molecule has 6 heteroatoms. The second-order valence-corrected chi connectivity index (χ2v) is 7.11. The molecular weight excluding hydrogens is 286 g/mol. The molecule has 1 aliphatic rings. The van der Waals surface area contributed by atoms with Crippen LogP contribution in [0.1, 0.15) is 22.7 Å². The highest BCUT2D eigenvalue weighted by molar-refractivity contribution is 7.89. The summed E-state index contributed by atoms with van der Waals surface area (Å²) in [6.45, 7) is 1.07. The summed E-state index contributed by atoms with van der Waals surface area (Å²) in [7, 11) is -1.62. The van der Waals surface area contributed by atoms with Crippen LogP contribution in [0.5, 0.6) is 0 Å². The summed E-state index contributed by atoms with van der Waals surface area (Å²) in [5, 5.41) is 2.98. The Balaban J connectivity index is 1.64. The minimum absolute atomic E-state index is 0.284. The van der Waals surface area contributed by atoms with E-state index in [9.17, 15) is 8.42 Å². The minimum atomic E-state index is -3.44. The van der Waals surface area contributed by atoms with E-state index in [0.29, 0.717) is 18.0 Å². The highest BCUT2D eigenvalue weighted by Gasteiger charge is 2.27. The number of rotatable bonds is 6. The first-order valence-corrected chi connectivity index (χ1v) is 8.48. The first-order valence-electron chi connectivity index (χ1n) is 6.99. The van der Waals surface area contributed by atoms with Crippen LogP contribution in [-0.2, 0) is 23.0 Å². The van der Waals surface area contributed by atoms with Gasteiger partial charge in [0.1, 0.15) is 0 Å². The third kappa shape index (κ3) is 2.88. The van der Waals surface area contributed by atoms with Gasteiger partial charge < -0.3 is 10.3 Å². The van der Waals surface area contributed by atoms with Gasteiger partial charge in [0.2, 0.25) is 10.0 Å². The number of hydrogen-bond acceptors (Lipinski definition) is 3. The molecule has 1 aromatic carbocycles. The van der Waals surface area contributed by atoms with Crippen LogP contribution in [0.25, 0.3) is 0 Å². The van der Waals surface area contributed by atoms with Gasteiger partial charge in [0.05, 0.1) is 4.90 Å². The van der Waals surface area contributed by atoms with Crippen LogP contribution in [0.2, 0.25) is 0 Å². The summed E-state index contributed by atoms with van der Waals surface area (Å²) in [6.07, 6.45) is 2.47. The largest absolute Gasteiger partial charge is 0.363 e. The summed E-state index contributed by atoms with van der Waals surface area (Å²) >= 11 is 0. The van der Waals surface area contributed by atoms with Crippen LogP contribution >= 0.6 is 0 Å². The lowest BCUT2D eigenvalue weighted by atomic mass is 9.78. The number of nitrogens with one attached hydrogen (secondary N) is 3. The lowest BCUT2D eigenvalue weighted by molar-refractivity contribution is 0.552. The highest BCUT2D eigenvalue weighted by atomic mass is 32.2. The molecule has 1 aliphatic carbocycles. The van der Waals surface area contributed by atoms with Crippen LogP contribution in [0.15, 0.2) is 41.4 Å². The zero-order valence-electron chi connectivity index (χ0n) is 11.9. The van der Waals surface area contributed by atoms with Crippen molar-refractivity contribution in [1.82, 2.24) is 15.0 Å². The monoisotopic (exact) mass is 305 g/mol. The average Bonchev–Trinajstić information content (AvgIpc) is 2.90. The quantitative estimate of drug-likeness (QED) is 0.754. The van der Waals surface area contributed by atoms with E-state index in [-0.39, 0.29) is 5.92 Å². The first-order chi connectivity index (χ1) is 10.1. The Kier molecular flexibility index (Phi) is 3.84. The Labute approximate surface area is 124 Å². The van der Waals surface area contributed by atoms with Crippen molar-refractivity contribution >= 4 is 10.0 Å². The predicted molar refractivity (Wildman–Crippen MR) is 81.6 cm³/mol. The smallest absolute Gasteiger partial charge is 0.242 e. The Bertz CT molecular complexity index is 737. The topological polar surface area (TPSA) is 74.0 Å². The van der Waals surface area contributed by atoms with Gasteiger partial charge in [-0.25, -0.2) is 13.1 Å². The summed E-state index contributed by atoms with van der Waals surface area (Å²) in [5.41, 5.74) is 3.43. The minimum Gasteiger partial charge on any atom is -0.363 e. The van der Waals surface area contributed by atoms with Gasteiger partial charge in [-0.2, -0.15) is 0 Å². The van der Waals surface area contributed by atoms with Crippen molar-refractivity contribution in [1.29, 1.82) is 0 Å². The van der Waals surface area contributed by atoms with Crippen LogP contribution in [-0.4, -0.2) is 27.0 Å². The zero-order chi connectivity index (χ0) is 14.9. The molecule has 3 rings (SSSR count). The summed E-state index contributed by atoms with van der Waals surface area (Å²) in [4.78, 5) is 3.25. The fraction of sp³-hybridized carbons (Fsp3) is 0.333. The maximum atomic E-state index is 12.3. The molecule has 1 unspecified atom stereocenters.